The molecule has 1 aliphatic heterocycles. The lowest BCUT2D eigenvalue weighted by Gasteiger charge is -2.31. The number of carbonyl (C=O) groups excluding carboxylic acids is 1. The second-order valence-corrected chi connectivity index (χ2v) is 3.80. The molecule has 5 heteroatoms. The van der Waals surface area contributed by atoms with Gasteiger partial charge >= 0.3 is 0 Å². The number of carbonyl (C=O) groups is 1. The van der Waals surface area contributed by atoms with E-state index in [1.54, 1.807) is 17.0 Å². The molecule has 2 heterocycles. The van der Waals surface area contributed by atoms with Gasteiger partial charge in [0.25, 0.3) is 5.91 Å². The van der Waals surface area contributed by atoms with Gasteiger partial charge in [-0.3, -0.25) is 4.79 Å². The van der Waals surface area contributed by atoms with Crippen molar-refractivity contribution >= 4 is 19.4 Å². The summed E-state index contributed by atoms with van der Waals surface area (Å²) in [6, 6.07) is 3.22. The quantitative estimate of drug-likeness (QED) is 0.576. The molecule has 0 aromatic carbocycles. The maximum atomic E-state index is 11.9. The highest BCUT2D eigenvalue weighted by molar-refractivity contribution is 6.30. The van der Waals surface area contributed by atoms with Crippen LogP contribution in [-0.2, 0) is 0 Å². The number of hydrogen-bond donors (Lipinski definition) is 0. The lowest BCUT2D eigenvalue weighted by molar-refractivity contribution is 0.0634. The third-order valence-corrected chi connectivity index (χ3v) is 2.63. The molecule has 1 saturated heterocycles. The van der Waals surface area contributed by atoms with Crippen molar-refractivity contribution in [2.45, 2.75) is 0 Å². The number of amides is 1. The SMILES string of the molecule is [B]c1ccc(C(=O)N2CCN(C)CC2)o1. The summed E-state index contributed by atoms with van der Waals surface area (Å²) in [4.78, 5) is 15.9. The third-order valence-electron chi connectivity index (χ3n) is 2.63. The minimum atomic E-state index is -0.0696. The molecule has 4 nitrogen and oxygen atoms in total. The van der Waals surface area contributed by atoms with E-state index in [0.717, 1.165) is 26.2 Å². The largest absolute Gasteiger partial charge is 0.468 e. The van der Waals surface area contributed by atoms with Crippen LogP contribution in [0.4, 0.5) is 0 Å². The van der Waals surface area contributed by atoms with Crippen LogP contribution in [-0.4, -0.2) is 56.8 Å². The van der Waals surface area contributed by atoms with Crippen molar-refractivity contribution in [2.24, 2.45) is 0 Å². The van der Waals surface area contributed by atoms with E-state index in [9.17, 15) is 4.79 Å². The topological polar surface area (TPSA) is 36.7 Å². The minimum Gasteiger partial charge on any atom is -0.468 e. The Kier molecular flexibility index (Phi) is 2.82. The van der Waals surface area contributed by atoms with E-state index in [2.05, 4.69) is 4.90 Å². The van der Waals surface area contributed by atoms with Gasteiger partial charge in [0.2, 0.25) is 0 Å². The molecule has 0 aliphatic carbocycles. The van der Waals surface area contributed by atoms with Gasteiger partial charge in [-0.2, -0.15) is 0 Å². The van der Waals surface area contributed by atoms with Crippen LogP contribution < -0.4 is 5.66 Å². The molecule has 0 bridgehead atoms. The van der Waals surface area contributed by atoms with Gasteiger partial charge in [0.05, 0.1) is 0 Å². The Morgan fingerprint density at radius 3 is 2.53 bits per heavy atom. The van der Waals surface area contributed by atoms with Crippen molar-refractivity contribution in [3.8, 4) is 0 Å². The van der Waals surface area contributed by atoms with E-state index in [0.29, 0.717) is 5.76 Å². The summed E-state index contributed by atoms with van der Waals surface area (Å²) in [6.07, 6.45) is 0. The van der Waals surface area contributed by atoms with Gasteiger partial charge in [0.1, 0.15) is 0 Å². The Balaban J connectivity index is 2.02. The van der Waals surface area contributed by atoms with Crippen molar-refractivity contribution in [3.05, 3.63) is 17.9 Å². The summed E-state index contributed by atoms with van der Waals surface area (Å²) in [5, 5.41) is 0. The van der Waals surface area contributed by atoms with Crippen LogP contribution in [0.2, 0.25) is 0 Å². The van der Waals surface area contributed by atoms with E-state index in [1.807, 2.05) is 7.05 Å². The monoisotopic (exact) mass is 204 g/mol. The number of furan rings is 1. The zero-order valence-electron chi connectivity index (χ0n) is 8.77. The molecule has 0 spiro atoms. The van der Waals surface area contributed by atoms with Crippen LogP contribution in [0, 0.1) is 0 Å². The van der Waals surface area contributed by atoms with Crippen LogP contribution in [0.15, 0.2) is 16.5 Å². The average molecular weight is 204 g/mol. The smallest absolute Gasteiger partial charge is 0.289 e. The van der Waals surface area contributed by atoms with Crippen LogP contribution in [0.5, 0.6) is 0 Å². The van der Waals surface area contributed by atoms with Crippen molar-refractivity contribution < 1.29 is 9.21 Å². The second kappa shape index (κ2) is 4.10. The summed E-state index contributed by atoms with van der Waals surface area (Å²) in [7, 11) is 7.47. The summed E-state index contributed by atoms with van der Waals surface area (Å²) in [6.45, 7) is 3.30. The highest BCUT2D eigenvalue weighted by atomic mass is 16.3. The van der Waals surface area contributed by atoms with Crippen molar-refractivity contribution in [3.63, 3.8) is 0 Å². The number of likely N-dealkylation sites (N-methyl/N-ethyl adjacent to an activating group) is 1. The molecular weight excluding hydrogens is 191 g/mol. The molecule has 1 aromatic rings. The Hall–Kier alpha value is -1.23. The van der Waals surface area contributed by atoms with Crippen LogP contribution in [0.3, 0.4) is 0 Å². The van der Waals surface area contributed by atoms with E-state index in [-0.39, 0.29) is 11.6 Å². The maximum Gasteiger partial charge on any atom is 0.289 e. The normalized spacial score (nSPS) is 18.1. The van der Waals surface area contributed by atoms with E-state index >= 15 is 0 Å². The van der Waals surface area contributed by atoms with Crippen LogP contribution >= 0.6 is 0 Å². The van der Waals surface area contributed by atoms with Gasteiger partial charge in [-0.1, -0.05) is 0 Å². The fraction of sp³-hybridized carbons (Fsp3) is 0.500. The van der Waals surface area contributed by atoms with Gasteiger partial charge in [0.15, 0.2) is 13.6 Å². The molecule has 1 fully saturated rings. The molecule has 0 unspecified atom stereocenters. The standard InChI is InChI=1S/C10H13BN2O2/c1-12-4-6-13(7-5-12)10(14)8-2-3-9(11)15-8/h2-3H,4-7H2,1H3. The molecular formula is C10H13BN2O2. The Morgan fingerprint density at radius 2 is 2.00 bits per heavy atom. The zero-order chi connectivity index (χ0) is 10.8. The molecule has 0 N–H and O–H groups in total. The number of hydrogen-bond acceptors (Lipinski definition) is 3. The van der Waals surface area contributed by atoms with Gasteiger partial charge in [-0.15, -0.1) is 0 Å². The average Bonchev–Trinajstić information content (AvgIpc) is 2.65. The first-order chi connectivity index (χ1) is 7.16. The van der Waals surface area contributed by atoms with E-state index < -0.39 is 0 Å². The van der Waals surface area contributed by atoms with Gasteiger partial charge in [-0.25, -0.2) is 0 Å². The highest BCUT2D eigenvalue weighted by Gasteiger charge is 2.22. The minimum absolute atomic E-state index is 0.0696. The fourth-order valence-corrected chi connectivity index (χ4v) is 1.63. The summed E-state index contributed by atoms with van der Waals surface area (Å²) >= 11 is 0. The highest BCUT2D eigenvalue weighted by Crippen LogP contribution is 2.07. The summed E-state index contributed by atoms with van der Waals surface area (Å²) in [5.41, 5.74) is 0.285. The Labute approximate surface area is 90.2 Å². The first-order valence-electron chi connectivity index (χ1n) is 5.00. The number of rotatable bonds is 1. The van der Waals surface area contributed by atoms with E-state index in [1.165, 1.54) is 0 Å². The Morgan fingerprint density at radius 1 is 1.33 bits per heavy atom. The molecule has 2 rings (SSSR count). The molecule has 15 heavy (non-hydrogen) atoms. The van der Waals surface area contributed by atoms with Crippen LogP contribution in [0.1, 0.15) is 10.6 Å². The zero-order valence-corrected chi connectivity index (χ0v) is 8.77. The van der Waals surface area contributed by atoms with Gasteiger partial charge in [0, 0.05) is 31.8 Å². The first kappa shape index (κ1) is 10.3. The molecule has 2 radical (unpaired) electrons. The lowest BCUT2D eigenvalue weighted by Crippen LogP contribution is -2.47. The third kappa shape index (κ3) is 2.23. The molecule has 1 amide bonds. The molecule has 0 atom stereocenters. The van der Waals surface area contributed by atoms with Crippen molar-refractivity contribution in [2.75, 3.05) is 33.2 Å². The summed E-state index contributed by atoms with van der Waals surface area (Å²) < 4.78 is 5.10. The second-order valence-electron chi connectivity index (χ2n) is 3.80. The molecule has 78 valence electrons. The predicted molar refractivity (Wildman–Crippen MR) is 57.5 cm³/mol. The predicted octanol–water partition coefficient (Wildman–Crippen LogP) is -0.539. The molecule has 1 aromatic heterocycles. The lowest BCUT2D eigenvalue weighted by atomic mass is 10.1. The number of piperazine rings is 1. The van der Waals surface area contributed by atoms with Crippen molar-refractivity contribution in [1.29, 1.82) is 0 Å². The molecule has 0 saturated carbocycles. The van der Waals surface area contributed by atoms with E-state index in [4.69, 9.17) is 12.3 Å². The van der Waals surface area contributed by atoms with Crippen molar-refractivity contribution in [1.82, 2.24) is 9.80 Å². The fourth-order valence-electron chi connectivity index (χ4n) is 1.63. The first-order valence-corrected chi connectivity index (χ1v) is 5.00. The Bertz CT molecular complexity index is 356. The van der Waals surface area contributed by atoms with Gasteiger partial charge in [-0.05, 0) is 19.2 Å². The maximum absolute atomic E-state index is 11.9. The van der Waals surface area contributed by atoms with Crippen LogP contribution in [0.25, 0.3) is 0 Å². The summed E-state index contributed by atoms with van der Waals surface area (Å²) in [5.74, 6) is 0.261. The van der Waals surface area contributed by atoms with Gasteiger partial charge < -0.3 is 14.2 Å². The number of nitrogens with zero attached hydrogens (tertiary/aromatic N) is 2. The molecule has 1 aliphatic rings.